The first kappa shape index (κ1) is 17.1. The van der Waals surface area contributed by atoms with Crippen molar-refractivity contribution in [2.45, 2.75) is 37.7 Å². The summed E-state index contributed by atoms with van der Waals surface area (Å²) in [6.45, 7) is 8.74. The van der Waals surface area contributed by atoms with Gasteiger partial charge in [-0.25, -0.2) is 0 Å². The second-order valence-corrected chi connectivity index (χ2v) is 6.44. The molecule has 0 aromatic heterocycles. The highest BCUT2D eigenvalue weighted by Crippen LogP contribution is 2.22. The quantitative estimate of drug-likeness (QED) is 0.818. The van der Waals surface area contributed by atoms with Gasteiger partial charge in [-0.3, -0.25) is 4.55 Å². The third-order valence-electron chi connectivity index (χ3n) is 2.93. The van der Waals surface area contributed by atoms with Gasteiger partial charge in [0.15, 0.2) is 0 Å². The van der Waals surface area contributed by atoms with Gasteiger partial charge in [0.05, 0.1) is 17.6 Å². The molecule has 1 heterocycles. The Morgan fingerprint density at radius 1 is 1.35 bits per heavy atom. The maximum atomic E-state index is 10.9. The Balaban J connectivity index is 0.000000240. The average Bonchev–Trinajstić information content (AvgIpc) is 2.39. The van der Waals surface area contributed by atoms with Gasteiger partial charge in [-0.15, -0.1) is 0 Å². The van der Waals surface area contributed by atoms with Crippen LogP contribution >= 0.6 is 0 Å². The van der Waals surface area contributed by atoms with Crippen molar-refractivity contribution in [3.63, 3.8) is 0 Å². The fourth-order valence-electron chi connectivity index (χ4n) is 1.89. The maximum absolute atomic E-state index is 10.9. The molecule has 5 nitrogen and oxygen atoms in total. The lowest BCUT2D eigenvalue weighted by Gasteiger charge is -2.18. The lowest BCUT2D eigenvalue weighted by molar-refractivity contribution is 0.0410. The Morgan fingerprint density at radius 2 is 2.00 bits per heavy atom. The van der Waals surface area contributed by atoms with Gasteiger partial charge < -0.3 is 10.1 Å². The normalized spacial score (nSPS) is 19.4. The highest BCUT2D eigenvalue weighted by molar-refractivity contribution is 7.85. The van der Waals surface area contributed by atoms with Crippen LogP contribution in [0.25, 0.3) is 0 Å². The van der Waals surface area contributed by atoms with Crippen LogP contribution in [0.3, 0.4) is 0 Å². The van der Waals surface area contributed by atoms with Crippen molar-refractivity contribution in [1.29, 1.82) is 0 Å². The van der Waals surface area contributed by atoms with Crippen LogP contribution < -0.4 is 5.32 Å². The van der Waals surface area contributed by atoms with E-state index in [4.69, 9.17) is 9.29 Å². The van der Waals surface area contributed by atoms with E-state index in [9.17, 15) is 8.42 Å². The van der Waals surface area contributed by atoms with E-state index in [0.29, 0.717) is 11.7 Å². The van der Waals surface area contributed by atoms with Gasteiger partial charge in [0.25, 0.3) is 10.1 Å². The molecule has 1 saturated heterocycles. The van der Waals surface area contributed by atoms with E-state index >= 15 is 0 Å². The smallest absolute Gasteiger partial charge is 0.294 e. The minimum atomic E-state index is -4.08. The summed E-state index contributed by atoms with van der Waals surface area (Å²) in [4.78, 5) is 0.00463. The number of hydrogen-bond acceptors (Lipinski definition) is 4. The molecule has 2 N–H and O–H groups in total. The number of hydrogen-bond donors (Lipinski definition) is 2. The summed E-state index contributed by atoms with van der Waals surface area (Å²) in [6, 6.07) is 6.46. The zero-order chi connectivity index (χ0) is 15.2. The van der Waals surface area contributed by atoms with Gasteiger partial charge in [-0.05, 0) is 24.5 Å². The van der Waals surface area contributed by atoms with Crippen molar-refractivity contribution in [3.8, 4) is 0 Å². The third-order valence-corrected chi connectivity index (χ3v) is 3.86. The number of nitrogens with one attached hydrogen (secondary N) is 1. The molecule has 1 aromatic rings. The van der Waals surface area contributed by atoms with E-state index in [-0.39, 0.29) is 10.8 Å². The topological polar surface area (TPSA) is 75.6 Å². The minimum absolute atomic E-state index is 0.00463. The summed E-state index contributed by atoms with van der Waals surface area (Å²) in [5.41, 5.74) is 0.644. The molecule has 0 aliphatic carbocycles. The van der Waals surface area contributed by atoms with E-state index in [2.05, 4.69) is 12.2 Å². The minimum Gasteiger partial charge on any atom is -0.376 e. The summed E-state index contributed by atoms with van der Waals surface area (Å²) in [5, 5.41) is 3.21. The molecule has 0 bridgehead atoms. The lowest BCUT2D eigenvalue weighted by atomic mass is 10.0. The van der Waals surface area contributed by atoms with E-state index < -0.39 is 10.1 Å². The molecule has 1 fully saturated rings. The largest absolute Gasteiger partial charge is 0.376 e. The second-order valence-electron chi connectivity index (χ2n) is 5.05. The summed E-state index contributed by atoms with van der Waals surface area (Å²) >= 11 is 0. The number of ether oxygens (including phenoxy) is 1. The maximum Gasteiger partial charge on any atom is 0.294 e. The number of benzene rings is 1. The standard InChI is InChI=1S/C9H12O3S.C5H11NO/c1-7(2)8-5-3-4-6-9(8)13(10,11)12;1-5-4-6-2-3-7-5/h3-7H,1-2H3,(H,10,11,12);5-6H,2-4H2,1H3. The highest BCUT2D eigenvalue weighted by Gasteiger charge is 2.15. The monoisotopic (exact) mass is 301 g/mol. The number of rotatable bonds is 2. The fraction of sp³-hybridized carbons (Fsp3) is 0.571. The summed E-state index contributed by atoms with van der Waals surface area (Å²) in [6.07, 6.45) is 0.425. The predicted octanol–water partition coefficient (Wildman–Crippen LogP) is 2.05. The highest BCUT2D eigenvalue weighted by atomic mass is 32.2. The molecule has 1 aliphatic heterocycles. The van der Waals surface area contributed by atoms with Crippen molar-refractivity contribution in [1.82, 2.24) is 5.32 Å². The molecule has 1 unspecified atom stereocenters. The lowest BCUT2D eigenvalue weighted by Crippen LogP contribution is -2.36. The summed E-state index contributed by atoms with van der Waals surface area (Å²) in [7, 11) is -4.08. The van der Waals surface area contributed by atoms with Crippen molar-refractivity contribution >= 4 is 10.1 Å². The molecule has 0 radical (unpaired) electrons. The first-order valence-electron chi connectivity index (χ1n) is 6.71. The zero-order valence-electron chi connectivity index (χ0n) is 12.2. The average molecular weight is 301 g/mol. The van der Waals surface area contributed by atoms with Crippen LogP contribution in [0.15, 0.2) is 29.2 Å². The molecular formula is C14H23NO4S. The molecule has 1 aromatic carbocycles. The van der Waals surface area contributed by atoms with Crippen LogP contribution in [0.4, 0.5) is 0 Å². The Kier molecular flexibility index (Phi) is 6.61. The number of morpholine rings is 1. The second kappa shape index (κ2) is 7.73. The molecule has 0 amide bonds. The molecule has 1 aliphatic rings. The van der Waals surface area contributed by atoms with Crippen molar-refractivity contribution in [2.24, 2.45) is 0 Å². The Bertz CT molecular complexity index is 508. The van der Waals surface area contributed by atoms with E-state index in [0.717, 1.165) is 19.7 Å². The van der Waals surface area contributed by atoms with Crippen LogP contribution in [0.5, 0.6) is 0 Å². The Morgan fingerprint density at radius 3 is 2.35 bits per heavy atom. The Hall–Kier alpha value is -0.950. The van der Waals surface area contributed by atoms with E-state index in [1.807, 2.05) is 13.8 Å². The van der Waals surface area contributed by atoms with Crippen molar-refractivity contribution < 1.29 is 17.7 Å². The van der Waals surface area contributed by atoms with Gasteiger partial charge >= 0.3 is 0 Å². The molecule has 0 spiro atoms. The van der Waals surface area contributed by atoms with Gasteiger partial charge in [0.2, 0.25) is 0 Å². The first-order valence-corrected chi connectivity index (χ1v) is 8.15. The third kappa shape index (κ3) is 5.58. The molecule has 20 heavy (non-hydrogen) atoms. The van der Waals surface area contributed by atoms with Crippen molar-refractivity contribution in [2.75, 3.05) is 19.7 Å². The van der Waals surface area contributed by atoms with Crippen molar-refractivity contribution in [3.05, 3.63) is 29.8 Å². The Labute approximate surface area is 121 Å². The van der Waals surface area contributed by atoms with Crippen LogP contribution in [0.1, 0.15) is 32.3 Å². The molecule has 2 rings (SSSR count). The van der Waals surface area contributed by atoms with E-state index in [1.165, 1.54) is 6.07 Å². The van der Waals surface area contributed by atoms with E-state index in [1.54, 1.807) is 18.2 Å². The SMILES string of the molecule is CC(C)c1ccccc1S(=O)(=O)O.CC1CNCCO1. The molecule has 6 heteroatoms. The van der Waals surface area contributed by atoms with Crippen LogP contribution in [-0.2, 0) is 14.9 Å². The molecular weight excluding hydrogens is 278 g/mol. The van der Waals surface area contributed by atoms with Gasteiger partial charge in [0, 0.05) is 13.1 Å². The van der Waals surface area contributed by atoms with Crippen LogP contribution in [-0.4, -0.2) is 38.8 Å². The summed E-state index contributed by atoms with van der Waals surface area (Å²) < 4.78 is 35.9. The van der Waals surface area contributed by atoms with Gasteiger partial charge in [-0.2, -0.15) is 8.42 Å². The predicted molar refractivity (Wildman–Crippen MR) is 78.6 cm³/mol. The van der Waals surface area contributed by atoms with Crippen LogP contribution in [0.2, 0.25) is 0 Å². The zero-order valence-corrected chi connectivity index (χ0v) is 13.0. The van der Waals surface area contributed by atoms with Crippen LogP contribution in [0, 0.1) is 0 Å². The molecule has 114 valence electrons. The molecule has 1 atom stereocenters. The summed E-state index contributed by atoms with van der Waals surface area (Å²) in [5.74, 6) is 0.0816. The van der Waals surface area contributed by atoms with Gasteiger partial charge in [-0.1, -0.05) is 32.0 Å². The van der Waals surface area contributed by atoms with Gasteiger partial charge in [0.1, 0.15) is 0 Å². The fourth-order valence-corrected chi connectivity index (χ4v) is 2.74. The molecule has 0 saturated carbocycles. The first-order chi connectivity index (χ1) is 9.32.